The number of methoxy groups -OCH3 is 1. The van der Waals surface area contributed by atoms with Crippen LogP contribution in [-0.2, 0) is 4.74 Å². The van der Waals surface area contributed by atoms with Crippen LogP contribution in [0.2, 0.25) is 0 Å². The molecule has 2 aliphatic heterocycles. The Morgan fingerprint density at radius 1 is 1.11 bits per heavy atom. The van der Waals surface area contributed by atoms with Crippen molar-refractivity contribution >= 4 is 6.03 Å². The first-order valence-electron chi connectivity index (χ1n) is 9.42. The lowest BCUT2D eigenvalue weighted by Gasteiger charge is -2.47. The third kappa shape index (κ3) is 3.76. The quantitative estimate of drug-likeness (QED) is 0.902. The molecule has 1 aromatic carbocycles. The lowest BCUT2D eigenvalue weighted by molar-refractivity contribution is -0.169. The molecule has 2 aromatic rings. The molecule has 0 bridgehead atoms. The molecular formula is C21H25N3O3. The lowest BCUT2D eigenvalue weighted by Crippen LogP contribution is -2.55. The number of hydrogen-bond acceptors (Lipinski definition) is 4. The summed E-state index contributed by atoms with van der Waals surface area (Å²) in [4.78, 5) is 18.9. The number of rotatable bonds is 4. The topological polar surface area (TPSA) is 63.7 Å². The number of nitrogens with one attached hydrogen (secondary N) is 1. The van der Waals surface area contributed by atoms with Crippen molar-refractivity contribution in [2.75, 3.05) is 26.8 Å². The van der Waals surface area contributed by atoms with E-state index in [1.807, 2.05) is 41.3 Å². The van der Waals surface area contributed by atoms with Crippen molar-refractivity contribution in [3.63, 3.8) is 0 Å². The molecule has 27 heavy (non-hydrogen) atoms. The van der Waals surface area contributed by atoms with Crippen LogP contribution in [-0.4, -0.2) is 48.3 Å². The fourth-order valence-corrected chi connectivity index (χ4v) is 3.83. The Labute approximate surface area is 159 Å². The number of nitrogens with zero attached hydrogens (tertiary/aromatic N) is 2. The van der Waals surface area contributed by atoms with Gasteiger partial charge in [0.2, 0.25) is 0 Å². The number of amides is 2. The Bertz CT molecular complexity index is 765. The van der Waals surface area contributed by atoms with E-state index in [1.165, 1.54) is 0 Å². The minimum atomic E-state index is -0.234. The maximum atomic E-state index is 12.9. The maximum Gasteiger partial charge on any atom is 0.318 e. The minimum absolute atomic E-state index is 0.0390. The van der Waals surface area contributed by atoms with Crippen LogP contribution in [0.25, 0.3) is 0 Å². The van der Waals surface area contributed by atoms with Gasteiger partial charge in [0.25, 0.3) is 0 Å². The van der Waals surface area contributed by atoms with Crippen LogP contribution in [0.15, 0.2) is 48.8 Å². The van der Waals surface area contributed by atoms with Gasteiger partial charge in [-0.25, -0.2) is 4.79 Å². The van der Waals surface area contributed by atoms with Crippen LogP contribution < -0.4 is 10.1 Å². The largest absolute Gasteiger partial charge is 0.497 e. The molecule has 6 nitrogen and oxygen atoms in total. The number of urea groups is 1. The first-order valence-corrected chi connectivity index (χ1v) is 9.42. The van der Waals surface area contributed by atoms with E-state index < -0.39 is 0 Å². The molecule has 1 aromatic heterocycles. The summed E-state index contributed by atoms with van der Waals surface area (Å²) >= 11 is 0. The fourth-order valence-electron chi connectivity index (χ4n) is 3.83. The van der Waals surface area contributed by atoms with E-state index in [0.29, 0.717) is 0 Å². The molecule has 2 amide bonds. The van der Waals surface area contributed by atoms with E-state index >= 15 is 0 Å². The molecular weight excluding hydrogens is 342 g/mol. The molecule has 1 spiro atoms. The summed E-state index contributed by atoms with van der Waals surface area (Å²) in [6.45, 7) is 2.32. The summed E-state index contributed by atoms with van der Waals surface area (Å²) in [6, 6.07) is 11.4. The van der Waals surface area contributed by atoms with Gasteiger partial charge in [-0.1, -0.05) is 12.1 Å². The van der Waals surface area contributed by atoms with Gasteiger partial charge in [0.1, 0.15) is 5.75 Å². The average molecular weight is 367 g/mol. The second-order valence-corrected chi connectivity index (χ2v) is 7.20. The zero-order valence-electron chi connectivity index (χ0n) is 15.6. The van der Waals surface area contributed by atoms with Crippen LogP contribution in [0.3, 0.4) is 0 Å². The summed E-state index contributed by atoms with van der Waals surface area (Å²) in [5.74, 6) is 0.792. The van der Waals surface area contributed by atoms with E-state index in [1.54, 1.807) is 19.5 Å². The normalized spacial score (nSPS) is 19.2. The van der Waals surface area contributed by atoms with Gasteiger partial charge in [-0.3, -0.25) is 4.98 Å². The first kappa shape index (κ1) is 17.8. The van der Waals surface area contributed by atoms with Crippen molar-refractivity contribution < 1.29 is 14.3 Å². The van der Waals surface area contributed by atoms with Gasteiger partial charge >= 0.3 is 6.03 Å². The molecule has 0 saturated carbocycles. The average Bonchev–Trinajstić information content (AvgIpc) is 2.71. The lowest BCUT2D eigenvalue weighted by atomic mass is 9.84. The molecule has 1 unspecified atom stereocenters. The predicted molar refractivity (Wildman–Crippen MR) is 102 cm³/mol. The molecule has 2 fully saturated rings. The van der Waals surface area contributed by atoms with Gasteiger partial charge in [0, 0.05) is 25.5 Å². The van der Waals surface area contributed by atoms with Gasteiger partial charge in [0.05, 0.1) is 25.4 Å². The molecule has 6 heteroatoms. The van der Waals surface area contributed by atoms with Gasteiger partial charge in [-0.2, -0.15) is 0 Å². The highest BCUT2D eigenvalue weighted by Gasteiger charge is 2.42. The highest BCUT2D eigenvalue weighted by atomic mass is 16.5. The highest BCUT2D eigenvalue weighted by molar-refractivity contribution is 5.75. The monoisotopic (exact) mass is 367 g/mol. The Morgan fingerprint density at radius 3 is 2.30 bits per heavy atom. The molecule has 4 rings (SSSR count). The van der Waals surface area contributed by atoms with Crippen molar-refractivity contribution in [2.24, 2.45) is 0 Å². The third-order valence-electron chi connectivity index (χ3n) is 5.68. The Kier molecular flexibility index (Phi) is 4.99. The van der Waals surface area contributed by atoms with Gasteiger partial charge in [-0.05, 0) is 54.7 Å². The van der Waals surface area contributed by atoms with Gasteiger partial charge in [-0.15, -0.1) is 0 Å². The van der Waals surface area contributed by atoms with E-state index in [9.17, 15) is 4.79 Å². The number of aromatic nitrogens is 1. The molecule has 2 saturated heterocycles. The van der Waals surface area contributed by atoms with Crippen molar-refractivity contribution in [1.82, 2.24) is 15.2 Å². The number of piperidine rings is 1. The second kappa shape index (κ2) is 7.56. The Hall–Kier alpha value is -2.60. The summed E-state index contributed by atoms with van der Waals surface area (Å²) in [5.41, 5.74) is 2.04. The highest BCUT2D eigenvalue weighted by Crippen LogP contribution is 2.36. The van der Waals surface area contributed by atoms with Crippen molar-refractivity contribution in [3.8, 4) is 5.75 Å². The van der Waals surface area contributed by atoms with E-state index in [4.69, 9.17) is 9.47 Å². The number of pyridine rings is 1. The Balaban J connectivity index is 1.49. The molecule has 1 N–H and O–H groups in total. The van der Waals surface area contributed by atoms with Crippen LogP contribution >= 0.6 is 0 Å². The van der Waals surface area contributed by atoms with E-state index in [2.05, 4.69) is 10.3 Å². The van der Waals surface area contributed by atoms with Crippen LogP contribution in [0, 0.1) is 0 Å². The third-order valence-corrected chi connectivity index (χ3v) is 5.68. The number of ether oxygens (including phenoxy) is 2. The predicted octanol–water partition coefficient (Wildman–Crippen LogP) is 3.14. The zero-order valence-corrected chi connectivity index (χ0v) is 15.6. The number of benzene rings is 1. The number of carbonyl (C=O) groups is 1. The fraction of sp³-hybridized carbons (Fsp3) is 0.429. The van der Waals surface area contributed by atoms with Crippen molar-refractivity contribution in [2.45, 2.75) is 30.9 Å². The Morgan fingerprint density at radius 2 is 1.74 bits per heavy atom. The van der Waals surface area contributed by atoms with Crippen LogP contribution in [0.5, 0.6) is 5.75 Å². The number of carbonyl (C=O) groups excluding carboxylic acids is 1. The SMILES string of the molecule is COc1ccc(C(NC(=O)N2CCC3(CCO3)CC2)c2ccncc2)cc1. The standard InChI is InChI=1S/C21H25N3O3/c1-26-18-4-2-16(3-5-18)19(17-6-11-22-12-7-17)23-20(25)24-13-8-21(9-14-24)10-15-27-21/h2-7,11-12,19H,8-10,13-15H2,1H3,(H,23,25). The van der Waals surface area contributed by atoms with Crippen molar-refractivity contribution in [1.29, 1.82) is 0 Å². The van der Waals surface area contributed by atoms with Gasteiger partial charge < -0.3 is 19.7 Å². The maximum absolute atomic E-state index is 12.9. The summed E-state index contributed by atoms with van der Waals surface area (Å²) < 4.78 is 11.0. The molecule has 2 aliphatic rings. The van der Waals surface area contributed by atoms with E-state index in [0.717, 1.165) is 55.8 Å². The summed E-state index contributed by atoms with van der Waals surface area (Å²) in [6.07, 6.45) is 6.45. The molecule has 1 atom stereocenters. The number of hydrogen-bond donors (Lipinski definition) is 1. The second-order valence-electron chi connectivity index (χ2n) is 7.20. The first-order chi connectivity index (χ1) is 13.2. The van der Waals surface area contributed by atoms with Crippen molar-refractivity contribution in [3.05, 3.63) is 59.9 Å². The minimum Gasteiger partial charge on any atom is -0.497 e. The number of likely N-dealkylation sites (tertiary alicyclic amines) is 1. The zero-order chi connectivity index (χ0) is 18.7. The van der Waals surface area contributed by atoms with E-state index in [-0.39, 0.29) is 17.7 Å². The molecule has 0 aliphatic carbocycles. The van der Waals surface area contributed by atoms with Gasteiger partial charge in [0.15, 0.2) is 0 Å². The molecule has 3 heterocycles. The summed E-state index contributed by atoms with van der Waals surface area (Å²) in [7, 11) is 1.64. The van der Waals surface area contributed by atoms with Crippen LogP contribution in [0.1, 0.15) is 36.4 Å². The smallest absolute Gasteiger partial charge is 0.318 e. The molecule has 0 radical (unpaired) electrons. The van der Waals surface area contributed by atoms with Crippen LogP contribution in [0.4, 0.5) is 4.79 Å². The summed E-state index contributed by atoms with van der Waals surface area (Å²) in [5, 5.41) is 3.20. The molecule has 142 valence electrons.